The summed E-state index contributed by atoms with van der Waals surface area (Å²) in [5.74, 6) is 0. The maximum atomic E-state index is 6.25. The number of hydrogen-bond donors (Lipinski definition) is 0. The summed E-state index contributed by atoms with van der Waals surface area (Å²) >= 11 is 0. The van der Waals surface area contributed by atoms with Gasteiger partial charge in [0, 0.05) is 106 Å². The lowest BCUT2D eigenvalue weighted by atomic mass is 9.81. The fourth-order valence-corrected chi connectivity index (χ4v) is 15.9. The van der Waals surface area contributed by atoms with Gasteiger partial charge in [-0.05, 0) is 189 Å². The predicted molar refractivity (Wildman–Crippen MR) is 411 cm³/mol. The fraction of sp³-hybridized carbons (Fsp3) is 0.0435. The second-order valence-electron chi connectivity index (χ2n) is 26.4. The van der Waals surface area contributed by atoms with Gasteiger partial charge in [-0.3, -0.25) is 4.98 Å². The quantitative estimate of drug-likeness (QED) is 0.137. The highest BCUT2D eigenvalue weighted by Gasteiger charge is 2.29. The van der Waals surface area contributed by atoms with E-state index in [9.17, 15) is 0 Å². The molecule has 6 heterocycles. The number of pyridine rings is 2. The van der Waals surface area contributed by atoms with Crippen molar-refractivity contribution < 1.29 is 0 Å². The van der Waals surface area contributed by atoms with Crippen LogP contribution in [0.4, 0.5) is 0 Å². The molecule has 0 fully saturated rings. The minimum absolute atomic E-state index is 0.867. The molecular formula is C92H64N6. The molecule has 0 aliphatic heterocycles. The lowest BCUT2D eigenvalue weighted by Crippen LogP contribution is -2.03. The van der Waals surface area contributed by atoms with Crippen LogP contribution in [0.1, 0.15) is 22.3 Å². The van der Waals surface area contributed by atoms with Gasteiger partial charge < -0.3 is 18.3 Å². The molecule has 0 N–H and O–H groups in total. The highest BCUT2D eigenvalue weighted by atomic mass is 15.0. The standard InChI is InChI=1S/C92H64N6/c1-57-25-45-84-76(53-57)71-16-7-11-21-80(71)95(84)66-37-29-62(30-38-66)88-90(75-20-6-5-15-70(75)61-49-51-93-52-50-61)89(63-31-39-67(40-32-63)96-81-22-12-8-17-72(81)77-54-58(2)26-46-85(77)96)92(65-35-43-69(44-36-65)98-83-24-14-10-19-74(83)79-56-60(4)28-48-87(79)98)94-91(88)64-33-41-68(42-34-64)97-82-23-13-9-18-73(82)78-55-59(3)27-47-86(78)97/h5-56H,1-4H3. The number of aromatic nitrogens is 6. The monoisotopic (exact) mass is 1250 g/mol. The van der Waals surface area contributed by atoms with Crippen LogP contribution in [0, 0.1) is 27.7 Å². The summed E-state index contributed by atoms with van der Waals surface area (Å²) in [6, 6.07) is 112. The summed E-state index contributed by atoms with van der Waals surface area (Å²) in [5, 5.41) is 9.88. The van der Waals surface area contributed by atoms with E-state index in [1.54, 1.807) is 0 Å². The largest absolute Gasteiger partial charge is 0.309 e. The highest BCUT2D eigenvalue weighted by Crippen LogP contribution is 2.52. The second kappa shape index (κ2) is 22.5. The number of benzene rings is 13. The first-order valence-electron chi connectivity index (χ1n) is 33.8. The van der Waals surface area contributed by atoms with E-state index in [0.29, 0.717) is 0 Å². The van der Waals surface area contributed by atoms with Crippen LogP contribution in [-0.2, 0) is 0 Å². The topological polar surface area (TPSA) is 45.5 Å². The Kier molecular flexibility index (Phi) is 13.1. The van der Waals surface area contributed by atoms with Gasteiger partial charge >= 0.3 is 0 Å². The van der Waals surface area contributed by atoms with Crippen molar-refractivity contribution in [3.8, 4) is 89.8 Å². The molecule has 0 aliphatic rings. The molecule has 98 heavy (non-hydrogen) atoms. The van der Waals surface area contributed by atoms with E-state index in [1.165, 1.54) is 109 Å². The molecule has 0 aliphatic carbocycles. The summed E-state index contributed by atoms with van der Waals surface area (Å²) in [4.78, 5) is 10.8. The lowest BCUT2D eigenvalue weighted by Gasteiger charge is -2.25. The van der Waals surface area contributed by atoms with Crippen molar-refractivity contribution in [3.05, 3.63) is 338 Å². The molecule has 0 spiro atoms. The van der Waals surface area contributed by atoms with Crippen molar-refractivity contribution in [2.75, 3.05) is 0 Å². The lowest BCUT2D eigenvalue weighted by molar-refractivity contribution is 1.17. The minimum Gasteiger partial charge on any atom is -0.309 e. The molecule has 0 saturated carbocycles. The average Bonchev–Trinajstić information content (AvgIpc) is 1.20. The Morgan fingerprint density at radius 2 is 0.490 bits per heavy atom. The van der Waals surface area contributed by atoms with Gasteiger partial charge in [-0.25, -0.2) is 4.98 Å². The average molecular weight is 1250 g/mol. The van der Waals surface area contributed by atoms with Crippen molar-refractivity contribution in [2.45, 2.75) is 27.7 Å². The highest BCUT2D eigenvalue weighted by molar-refractivity contribution is 6.14. The van der Waals surface area contributed by atoms with Crippen LogP contribution in [0.2, 0.25) is 0 Å². The normalized spacial score (nSPS) is 11.9. The van der Waals surface area contributed by atoms with E-state index in [1.807, 2.05) is 12.4 Å². The van der Waals surface area contributed by atoms with Crippen molar-refractivity contribution in [2.24, 2.45) is 0 Å². The molecule has 0 atom stereocenters. The van der Waals surface area contributed by atoms with Gasteiger partial charge in [-0.15, -0.1) is 0 Å². The van der Waals surface area contributed by atoms with Crippen molar-refractivity contribution in [3.63, 3.8) is 0 Å². The predicted octanol–water partition coefficient (Wildman–Crippen LogP) is 24.1. The van der Waals surface area contributed by atoms with Crippen LogP contribution < -0.4 is 0 Å². The Bertz CT molecular complexity index is 6070. The Hall–Kier alpha value is -12.6. The maximum absolute atomic E-state index is 6.25. The third-order valence-electron chi connectivity index (χ3n) is 20.3. The number of para-hydroxylation sites is 4. The van der Waals surface area contributed by atoms with Crippen molar-refractivity contribution in [1.29, 1.82) is 0 Å². The third kappa shape index (κ3) is 9.02. The summed E-state index contributed by atoms with van der Waals surface area (Å²) < 4.78 is 9.65. The summed E-state index contributed by atoms with van der Waals surface area (Å²) in [6.07, 6.45) is 3.81. The van der Waals surface area contributed by atoms with Crippen LogP contribution in [0.3, 0.4) is 0 Å². The van der Waals surface area contributed by atoms with Crippen LogP contribution in [-0.4, -0.2) is 28.2 Å². The van der Waals surface area contributed by atoms with E-state index >= 15 is 0 Å². The Balaban J connectivity index is 0.910. The summed E-state index contributed by atoms with van der Waals surface area (Å²) in [7, 11) is 0. The van der Waals surface area contributed by atoms with Gasteiger partial charge in [-0.2, -0.15) is 0 Å². The molecule has 462 valence electrons. The van der Waals surface area contributed by atoms with E-state index in [4.69, 9.17) is 4.98 Å². The molecular weight excluding hydrogens is 1190 g/mol. The van der Waals surface area contributed by atoms with Crippen molar-refractivity contribution >= 4 is 87.2 Å². The first-order chi connectivity index (χ1) is 48.3. The van der Waals surface area contributed by atoms with E-state index in [0.717, 1.165) is 89.8 Å². The number of hydrogen-bond acceptors (Lipinski definition) is 2. The van der Waals surface area contributed by atoms with E-state index in [2.05, 4.69) is 354 Å². The molecule has 6 nitrogen and oxygen atoms in total. The molecule has 0 saturated heterocycles. The van der Waals surface area contributed by atoms with Gasteiger partial charge in [0.25, 0.3) is 0 Å². The SMILES string of the molecule is Cc1ccc2c(c1)c1ccccc1n2-c1ccc(-c2nc(-c3ccc(-n4c5ccccc5c5cc(C)ccc54)cc3)c(-c3ccc(-n4c5ccccc5c5cc(C)ccc54)cc3)c(-c3ccccc3-c3ccncc3)c2-c2ccc(-n3c4ccccc4c4cc(C)ccc43)cc2)cc1. The van der Waals surface area contributed by atoms with Crippen LogP contribution in [0.15, 0.2) is 316 Å². The first kappa shape index (κ1) is 56.9. The zero-order chi connectivity index (χ0) is 65.3. The second-order valence-corrected chi connectivity index (χ2v) is 26.4. The zero-order valence-electron chi connectivity index (χ0n) is 54.7. The molecule has 0 unspecified atom stereocenters. The Morgan fingerprint density at radius 3 is 0.816 bits per heavy atom. The van der Waals surface area contributed by atoms with Gasteiger partial charge in [0.2, 0.25) is 0 Å². The van der Waals surface area contributed by atoms with Gasteiger partial charge in [0.05, 0.1) is 55.5 Å². The molecule has 6 aromatic heterocycles. The Labute approximate surface area is 567 Å². The molecule has 19 aromatic rings. The van der Waals surface area contributed by atoms with Crippen LogP contribution >= 0.6 is 0 Å². The molecule has 0 amide bonds. The number of aryl methyl sites for hydroxylation is 4. The van der Waals surface area contributed by atoms with E-state index in [-0.39, 0.29) is 0 Å². The van der Waals surface area contributed by atoms with E-state index < -0.39 is 0 Å². The maximum Gasteiger partial charge on any atom is 0.0794 e. The van der Waals surface area contributed by atoms with Gasteiger partial charge in [-0.1, -0.05) is 192 Å². The zero-order valence-corrected chi connectivity index (χ0v) is 54.7. The molecule has 0 bridgehead atoms. The molecule has 0 radical (unpaired) electrons. The van der Waals surface area contributed by atoms with Crippen LogP contribution in [0.25, 0.3) is 177 Å². The molecule has 13 aromatic carbocycles. The summed E-state index contributed by atoms with van der Waals surface area (Å²) in [6.45, 7) is 8.71. The third-order valence-corrected chi connectivity index (χ3v) is 20.3. The van der Waals surface area contributed by atoms with Gasteiger partial charge in [0.1, 0.15) is 0 Å². The van der Waals surface area contributed by atoms with Crippen molar-refractivity contribution in [1.82, 2.24) is 28.2 Å². The molecule has 19 rings (SSSR count). The number of fused-ring (bicyclic) bond motifs is 12. The number of rotatable bonds is 10. The summed E-state index contributed by atoms with van der Waals surface area (Å²) in [5.41, 5.74) is 30.7. The fourth-order valence-electron chi connectivity index (χ4n) is 15.9. The van der Waals surface area contributed by atoms with Gasteiger partial charge in [0.15, 0.2) is 0 Å². The molecule has 6 heteroatoms. The smallest absolute Gasteiger partial charge is 0.0794 e. The van der Waals surface area contributed by atoms with Crippen LogP contribution in [0.5, 0.6) is 0 Å². The number of nitrogens with zero attached hydrogens (tertiary/aromatic N) is 6. The first-order valence-corrected chi connectivity index (χ1v) is 33.8. The minimum atomic E-state index is 0.867. The Morgan fingerprint density at radius 1 is 0.214 bits per heavy atom.